The molecule has 2 aromatic rings. The van der Waals surface area contributed by atoms with Crippen molar-refractivity contribution in [3.8, 4) is 0 Å². The van der Waals surface area contributed by atoms with E-state index in [4.69, 9.17) is 0 Å². The predicted molar refractivity (Wildman–Crippen MR) is 101 cm³/mol. The van der Waals surface area contributed by atoms with Crippen molar-refractivity contribution in [2.24, 2.45) is 0 Å². The Kier molecular flexibility index (Phi) is 6.04. The highest BCUT2D eigenvalue weighted by atomic mass is 32.2. The molecule has 136 valence electrons. The van der Waals surface area contributed by atoms with E-state index in [0.29, 0.717) is 36.6 Å². The van der Waals surface area contributed by atoms with Gasteiger partial charge in [0, 0.05) is 30.6 Å². The molecule has 0 fully saturated rings. The number of carbonyl (C=O) groups is 1. The van der Waals surface area contributed by atoms with Crippen molar-refractivity contribution in [3.63, 3.8) is 0 Å². The van der Waals surface area contributed by atoms with Crippen molar-refractivity contribution in [1.29, 1.82) is 0 Å². The van der Waals surface area contributed by atoms with Gasteiger partial charge in [0.25, 0.3) is 5.56 Å². The van der Waals surface area contributed by atoms with Crippen LogP contribution in [-0.2, 0) is 24.1 Å². The van der Waals surface area contributed by atoms with Gasteiger partial charge in [-0.15, -0.1) is 0 Å². The molecule has 0 aliphatic heterocycles. The number of thioether (sulfide) groups is 1. The number of nitrogens with zero attached hydrogens (tertiary/aromatic N) is 1. The first-order valence-corrected chi connectivity index (χ1v) is 9.67. The Balaban J connectivity index is 1.47. The summed E-state index contributed by atoms with van der Waals surface area (Å²) in [4.78, 5) is 31.5. The van der Waals surface area contributed by atoms with E-state index in [1.165, 1.54) is 23.9 Å². The molecule has 1 N–H and O–H groups in total. The number of allylic oxidation sites excluding steroid dienone is 1. The number of benzene rings is 1. The lowest BCUT2D eigenvalue weighted by Crippen LogP contribution is -2.22. The van der Waals surface area contributed by atoms with Gasteiger partial charge in [-0.05, 0) is 37.0 Å². The van der Waals surface area contributed by atoms with E-state index in [2.05, 4.69) is 16.5 Å². The van der Waals surface area contributed by atoms with E-state index in [1.54, 1.807) is 12.1 Å². The molecule has 1 aromatic heterocycles. The van der Waals surface area contributed by atoms with E-state index in [1.807, 2.05) is 0 Å². The average Bonchev–Trinajstić information content (AvgIpc) is 2.61. The van der Waals surface area contributed by atoms with Crippen LogP contribution in [0.15, 0.2) is 46.4 Å². The van der Waals surface area contributed by atoms with E-state index < -0.39 is 0 Å². The molecule has 4 nitrogen and oxygen atoms in total. The van der Waals surface area contributed by atoms with E-state index in [0.717, 1.165) is 35.2 Å². The highest BCUT2D eigenvalue weighted by Gasteiger charge is 2.17. The zero-order valence-electron chi connectivity index (χ0n) is 14.5. The quantitative estimate of drug-likeness (QED) is 0.349. The maximum atomic E-state index is 12.9. The van der Waals surface area contributed by atoms with E-state index in [9.17, 15) is 14.0 Å². The highest BCUT2D eigenvalue weighted by molar-refractivity contribution is 7.99. The number of aryl methyl sites for hydroxylation is 1. The number of hydrogen-bond donors (Lipinski definition) is 1. The minimum Gasteiger partial charge on any atom is -0.301 e. The first kappa shape index (κ1) is 18.6. The van der Waals surface area contributed by atoms with Crippen LogP contribution >= 0.6 is 11.8 Å². The number of rotatable bonds is 7. The number of aromatic nitrogens is 2. The zero-order chi connectivity index (χ0) is 18.5. The second-order valence-corrected chi connectivity index (χ2v) is 7.60. The Morgan fingerprint density at radius 1 is 1.27 bits per heavy atom. The van der Waals surface area contributed by atoms with Crippen LogP contribution in [0.3, 0.4) is 0 Å². The fourth-order valence-electron chi connectivity index (χ4n) is 2.97. The molecule has 26 heavy (non-hydrogen) atoms. The minimum absolute atomic E-state index is 0.0780. The second-order valence-electron chi connectivity index (χ2n) is 6.52. The maximum absolute atomic E-state index is 12.9. The Morgan fingerprint density at radius 3 is 2.81 bits per heavy atom. The summed E-state index contributed by atoms with van der Waals surface area (Å²) in [6.07, 6.45) is 3.75. The molecule has 1 heterocycles. The Morgan fingerprint density at radius 2 is 2.04 bits per heavy atom. The number of nitrogens with one attached hydrogen (secondary N) is 1. The van der Waals surface area contributed by atoms with E-state index in [-0.39, 0.29) is 17.2 Å². The SMILES string of the molecule is C=C1CCc2nc(SCCCC(=O)Cc3ccc(F)cc3)[nH]c(=O)c2C1. The third kappa shape index (κ3) is 4.91. The van der Waals surface area contributed by atoms with Crippen LogP contribution in [0.25, 0.3) is 0 Å². The molecule has 1 aromatic carbocycles. The average molecular weight is 372 g/mol. The van der Waals surface area contributed by atoms with Gasteiger partial charge < -0.3 is 4.98 Å². The summed E-state index contributed by atoms with van der Waals surface area (Å²) in [7, 11) is 0. The van der Waals surface area contributed by atoms with Gasteiger partial charge >= 0.3 is 0 Å². The summed E-state index contributed by atoms with van der Waals surface area (Å²) >= 11 is 1.47. The zero-order valence-corrected chi connectivity index (χ0v) is 15.3. The predicted octanol–water partition coefficient (Wildman–Crippen LogP) is 3.64. The van der Waals surface area contributed by atoms with Crippen molar-refractivity contribution < 1.29 is 9.18 Å². The molecule has 1 aliphatic carbocycles. The van der Waals surface area contributed by atoms with Crippen molar-refractivity contribution in [2.75, 3.05) is 5.75 Å². The molecule has 0 bridgehead atoms. The molecule has 0 unspecified atom stereocenters. The summed E-state index contributed by atoms with van der Waals surface area (Å²) in [5, 5.41) is 0.618. The maximum Gasteiger partial charge on any atom is 0.255 e. The lowest BCUT2D eigenvalue weighted by atomic mass is 9.93. The Labute approximate surface area is 155 Å². The molecule has 0 radical (unpaired) electrons. The molecule has 6 heteroatoms. The van der Waals surface area contributed by atoms with Crippen molar-refractivity contribution in [2.45, 2.75) is 43.7 Å². The van der Waals surface area contributed by atoms with Crippen LogP contribution in [0.2, 0.25) is 0 Å². The van der Waals surface area contributed by atoms with Crippen LogP contribution in [0.1, 0.15) is 36.1 Å². The van der Waals surface area contributed by atoms with Crippen molar-refractivity contribution in [3.05, 3.63) is 69.4 Å². The lowest BCUT2D eigenvalue weighted by Gasteiger charge is -2.16. The molecule has 0 saturated carbocycles. The first-order chi connectivity index (χ1) is 12.5. The molecular weight excluding hydrogens is 351 g/mol. The Hall–Kier alpha value is -2.21. The van der Waals surface area contributed by atoms with Crippen LogP contribution in [0.4, 0.5) is 4.39 Å². The number of Topliss-reactive ketones (excluding diaryl/α,β-unsaturated/α-hetero) is 1. The number of carbonyl (C=O) groups excluding carboxylic acids is 1. The van der Waals surface area contributed by atoms with Gasteiger partial charge in [-0.3, -0.25) is 9.59 Å². The number of aromatic amines is 1. The Bertz CT molecular complexity index is 874. The molecule has 0 saturated heterocycles. The molecule has 3 rings (SSSR count). The number of hydrogen-bond acceptors (Lipinski definition) is 4. The molecule has 1 aliphatic rings. The fourth-order valence-corrected chi connectivity index (χ4v) is 3.79. The topological polar surface area (TPSA) is 62.8 Å². The summed E-state index contributed by atoms with van der Waals surface area (Å²) < 4.78 is 12.9. The van der Waals surface area contributed by atoms with Gasteiger partial charge in [-0.2, -0.15) is 0 Å². The van der Waals surface area contributed by atoms with Crippen LogP contribution in [0, 0.1) is 5.82 Å². The normalized spacial score (nSPS) is 13.5. The van der Waals surface area contributed by atoms with Crippen LogP contribution < -0.4 is 5.56 Å². The van der Waals surface area contributed by atoms with Crippen LogP contribution in [0.5, 0.6) is 0 Å². The largest absolute Gasteiger partial charge is 0.301 e. The minimum atomic E-state index is -0.298. The van der Waals surface area contributed by atoms with E-state index >= 15 is 0 Å². The monoisotopic (exact) mass is 372 g/mol. The number of H-pyrrole nitrogens is 1. The molecule has 0 amide bonds. The lowest BCUT2D eigenvalue weighted by molar-refractivity contribution is -0.118. The van der Waals surface area contributed by atoms with Gasteiger partial charge in [0.1, 0.15) is 11.6 Å². The fraction of sp³-hybridized carbons (Fsp3) is 0.350. The van der Waals surface area contributed by atoms with Crippen LogP contribution in [-0.4, -0.2) is 21.5 Å². The highest BCUT2D eigenvalue weighted by Crippen LogP contribution is 2.22. The van der Waals surface area contributed by atoms with Gasteiger partial charge in [0.2, 0.25) is 0 Å². The van der Waals surface area contributed by atoms with Gasteiger partial charge in [-0.1, -0.05) is 36.0 Å². The standard InChI is InChI=1S/C20H21FN2O2S/c1-13-4-9-18-17(11-13)19(25)23-20(22-18)26-10-2-3-16(24)12-14-5-7-15(21)8-6-14/h5-8H,1-4,9-12H2,(H,22,23,25). The molecular formula is C20H21FN2O2S. The van der Waals surface area contributed by atoms with Gasteiger partial charge in [0.15, 0.2) is 5.16 Å². The number of fused-ring (bicyclic) bond motifs is 1. The van der Waals surface area contributed by atoms with Gasteiger partial charge in [0.05, 0.1) is 5.69 Å². The number of ketones is 1. The molecule has 0 atom stereocenters. The summed E-state index contributed by atoms with van der Waals surface area (Å²) in [5.41, 5.74) is 3.43. The molecule has 0 spiro atoms. The second kappa shape index (κ2) is 8.45. The van der Waals surface area contributed by atoms with Crippen molar-refractivity contribution >= 4 is 17.5 Å². The third-order valence-corrected chi connectivity index (χ3v) is 5.33. The van der Waals surface area contributed by atoms with Crippen molar-refractivity contribution in [1.82, 2.24) is 9.97 Å². The smallest absolute Gasteiger partial charge is 0.255 e. The summed E-state index contributed by atoms with van der Waals surface area (Å²) in [5.74, 6) is 0.542. The number of halogens is 1. The third-order valence-electron chi connectivity index (χ3n) is 4.37. The first-order valence-electron chi connectivity index (χ1n) is 8.69. The summed E-state index contributed by atoms with van der Waals surface area (Å²) in [6, 6.07) is 6.01. The summed E-state index contributed by atoms with van der Waals surface area (Å²) in [6.45, 7) is 3.95. The van der Waals surface area contributed by atoms with Gasteiger partial charge in [-0.25, -0.2) is 9.37 Å².